The maximum absolute atomic E-state index is 12.8. The fraction of sp³-hybridized carbons (Fsp3) is 0.292. The monoisotopic (exact) mass is 467 g/mol. The molecule has 3 heterocycles. The van der Waals surface area contributed by atoms with Crippen molar-refractivity contribution in [3.63, 3.8) is 0 Å². The maximum atomic E-state index is 12.8. The number of nitrogens with zero attached hydrogens (tertiary/aromatic N) is 3. The number of rotatable bonds is 10. The summed E-state index contributed by atoms with van der Waals surface area (Å²) in [7, 11) is 1.62. The molecule has 4 aromatic rings. The quantitative estimate of drug-likeness (QED) is 0.311. The van der Waals surface area contributed by atoms with Gasteiger partial charge in [-0.3, -0.25) is 4.79 Å². The van der Waals surface area contributed by atoms with Gasteiger partial charge in [-0.15, -0.1) is 16.4 Å². The normalized spacial score (nSPS) is 12.2. The van der Waals surface area contributed by atoms with Crippen molar-refractivity contribution in [3.8, 4) is 11.5 Å². The van der Waals surface area contributed by atoms with Gasteiger partial charge < -0.3 is 9.47 Å². The van der Waals surface area contributed by atoms with Crippen molar-refractivity contribution in [1.29, 1.82) is 0 Å². The summed E-state index contributed by atoms with van der Waals surface area (Å²) in [6, 6.07) is 9.70. The molecule has 0 aliphatic rings. The minimum atomic E-state index is -0.177. The van der Waals surface area contributed by atoms with Crippen LogP contribution in [0.15, 0.2) is 40.5 Å². The Kier molecular flexibility index (Phi) is 7.34. The number of unbranched alkanes of at least 4 members (excludes halogenated alkanes) is 3. The number of ether oxygens (including phenoxy) is 2. The van der Waals surface area contributed by atoms with E-state index in [0.29, 0.717) is 33.4 Å². The molecule has 1 aromatic carbocycles. The second-order valence-corrected chi connectivity index (χ2v) is 9.24. The van der Waals surface area contributed by atoms with Gasteiger partial charge in [-0.05, 0) is 53.8 Å². The highest BCUT2D eigenvalue weighted by atomic mass is 32.1. The van der Waals surface area contributed by atoms with Gasteiger partial charge in [0.25, 0.3) is 5.56 Å². The second kappa shape index (κ2) is 10.6. The van der Waals surface area contributed by atoms with E-state index in [9.17, 15) is 4.79 Å². The second-order valence-electron chi connectivity index (χ2n) is 7.25. The van der Waals surface area contributed by atoms with E-state index in [1.165, 1.54) is 28.7 Å². The molecule has 0 N–H and O–H groups in total. The molecule has 3 aromatic heterocycles. The Morgan fingerprint density at radius 2 is 2.03 bits per heavy atom. The van der Waals surface area contributed by atoms with E-state index >= 15 is 0 Å². The molecule has 32 heavy (non-hydrogen) atoms. The van der Waals surface area contributed by atoms with Crippen LogP contribution in [0, 0.1) is 0 Å². The first-order chi connectivity index (χ1) is 15.7. The van der Waals surface area contributed by atoms with Gasteiger partial charge in [-0.2, -0.15) is 9.50 Å². The summed E-state index contributed by atoms with van der Waals surface area (Å²) < 4.78 is 13.3. The van der Waals surface area contributed by atoms with Gasteiger partial charge in [0.15, 0.2) is 17.3 Å². The van der Waals surface area contributed by atoms with Crippen LogP contribution in [0.1, 0.15) is 48.9 Å². The lowest BCUT2D eigenvalue weighted by Crippen LogP contribution is -2.23. The summed E-state index contributed by atoms with van der Waals surface area (Å²) in [6.45, 7) is 2.86. The predicted molar refractivity (Wildman–Crippen MR) is 132 cm³/mol. The molecular formula is C24H25N3O3S2. The summed E-state index contributed by atoms with van der Waals surface area (Å²) in [5, 5.41) is 6.35. The van der Waals surface area contributed by atoms with Crippen LogP contribution in [0.4, 0.5) is 0 Å². The molecule has 0 radical (unpaired) electrons. The lowest BCUT2D eigenvalue weighted by Gasteiger charge is -2.11. The molecule has 4 rings (SSSR count). The lowest BCUT2D eigenvalue weighted by molar-refractivity contribution is 0.285. The van der Waals surface area contributed by atoms with Crippen LogP contribution in [-0.2, 0) is 0 Å². The van der Waals surface area contributed by atoms with Gasteiger partial charge in [0.05, 0.1) is 18.2 Å². The van der Waals surface area contributed by atoms with E-state index in [1.54, 1.807) is 18.4 Å². The van der Waals surface area contributed by atoms with E-state index < -0.39 is 0 Å². The van der Waals surface area contributed by atoms with Crippen LogP contribution in [0.5, 0.6) is 11.5 Å². The third-order valence-corrected chi connectivity index (χ3v) is 6.68. The minimum absolute atomic E-state index is 0.177. The van der Waals surface area contributed by atoms with E-state index in [2.05, 4.69) is 17.0 Å². The van der Waals surface area contributed by atoms with Crippen molar-refractivity contribution in [2.45, 2.75) is 32.6 Å². The van der Waals surface area contributed by atoms with E-state index in [0.717, 1.165) is 23.3 Å². The van der Waals surface area contributed by atoms with E-state index in [4.69, 9.17) is 9.47 Å². The van der Waals surface area contributed by atoms with Crippen molar-refractivity contribution in [1.82, 2.24) is 14.6 Å². The van der Waals surface area contributed by atoms with Crippen molar-refractivity contribution < 1.29 is 9.47 Å². The topological polar surface area (TPSA) is 65.7 Å². The highest BCUT2D eigenvalue weighted by Gasteiger charge is 2.10. The number of hydrogen-bond acceptors (Lipinski definition) is 7. The Morgan fingerprint density at radius 1 is 1.12 bits per heavy atom. The molecule has 0 saturated carbocycles. The number of aromatic nitrogens is 3. The third-order valence-electron chi connectivity index (χ3n) is 4.88. The van der Waals surface area contributed by atoms with Gasteiger partial charge in [0.1, 0.15) is 0 Å². The summed E-state index contributed by atoms with van der Waals surface area (Å²) in [4.78, 5) is 18.9. The molecule has 0 atom stereocenters. The Labute approximate surface area is 194 Å². The zero-order chi connectivity index (χ0) is 22.3. The van der Waals surface area contributed by atoms with Gasteiger partial charge in [0.2, 0.25) is 4.96 Å². The van der Waals surface area contributed by atoms with Crippen LogP contribution in [-0.4, -0.2) is 28.3 Å². The highest BCUT2D eigenvalue weighted by Crippen LogP contribution is 2.28. The van der Waals surface area contributed by atoms with Gasteiger partial charge in [-0.1, -0.05) is 49.7 Å². The molecule has 0 bridgehead atoms. The Morgan fingerprint density at radius 3 is 2.78 bits per heavy atom. The number of fused-ring (bicyclic) bond motifs is 1. The minimum Gasteiger partial charge on any atom is -0.493 e. The molecule has 0 unspecified atom stereocenters. The standard InChI is InChI=1S/C24H25N3O3S2/c1-3-4-5-6-13-30-19-11-9-17(15-20(19)29-2)16-21-23(28)27-24(32-21)25-22(26-27)12-10-18-8-7-14-31-18/h7-12,14-16H,3-6,13H2,1-2H3/b12-10+,21-16+. The fourth-order valence-corrected chi connectivity index (χ4v) is 4.75. The fourth-order valence-electron chi connectivity index (χ4n) is 3.22. The Bertz CT molecular complexity index is 1310. The van der Waals surface area contributed by atoms with Crippen molar-refractivity contribution in [2.24, 2.45) is 0 Å². The van der Waals surface area contributed by atoms with Crippen molar-refractivity contribution in [3.05, 3.63) is 66.9 Å². The molecule has 0 spiro atoms. The van der Waals surface area contributed by atoms with E-state index in [-0.39, 0.29) is 5.56 Å². The Hall–Kier alpha value is -2.97. The lowest BCUT2D eigenvalue weighted by atomic mass is 10.2. The first kappa shape index (κ1) is 22.2. The highest BCUT2D eigenvalue weighted by molar-refractivity contribution is 7.15. The van der Waals surface area contributed by atoms with Gasteiger partial charge in [0, 0.05) is 4.88 Å². The van der Waals surface area contributed by atoms with Crippen LogP contribution in [0.2, 0.25) is 0 Å². The number of thiophene rings is 1. The van der Waals surface area contributed by atoms with Crippen LogP contribution >= 0.6 is 22.7 Å². The van der Waals surface area contributed by atoms with Crippen LogP contribution in [0.3, 0.4) is 0 Å². The zero-order valence-electron chi connectivity index (χ0n) is 18.1. The molecule has 0 saturated heterocycles. The largest absolute Gasteiger partial charge is 0.493 e. The van der Waals surface area contributed by atoms with Gasteiger partial charge in [-0.25, -0.2) is 0 Å². The first-order valence-electron chi connectivity index (χ1n) is 10.6. The Balaban J connectivity index is 1.52. The smallest absolute Gasteiger partial charge is 0.291 e. The summed E-state index contributed by atoms with van der Waals surface area (Å²) in [6.07, 6.45) is 10.2. The molecule has 0 fully saturated rings. The average Bonchev–Trinajstić information content (AvgIpc) is 3.52. The zero-order valence-corrected chi connectivity index (χ0v) is 19.7. The van der Waals surface area contributed by atoms with E-state index in [1.807, 2.05) is 53.9 Å². The number of thiazole rings is 1. The predicted octanol–water partition coefficient (Wildman–Crippen LogP) is 4.90. The maximum Gasteiger partial charge on any atom is 0.291 e. The summed E-state index contributed by atoms with van der Waals surface area (Å²) in [5.74, 6) is 1.89. The summed E-state index contributed by atoms with van der Waals surface area (Å²) in [5.41, 5.74) is 0.683. The average molecular weight is 468 g/mol. The first-order valence-corrected chi connectivity index (χ1v) is 12.3. The molecule has 8 heteroatoms. The molecule has 0 aliphatic heterocycles. The van der Waals surface area contributed by atoms with Crippen molar-refractivity contribution in [2.75, 3.05) is 13.7 Å². The number of benzene rings is 1. The number of hydrogen-bond donors (Lipinski definition) is 0. The van der Waals surface area contributed by atoms with Gasteiger partial charge >= 0.3 is 0 Å². The summed E-state index contributed by atoms with van der Waals surface area (Å²) >= 11 is 2.96. The van der Waals surface area contributed by atoms with Crippen molar-refractivity contribution >= 4 is 45.9 Å². The van der Waals surface area contributed by atoms with Crippen LogP contribution in [0.25, 0.3) is 23.2 Å². The molecule has 6 nitrogen and oxygen atoms in total. The van der Waals surface area contributed by atoms with Crippen LogP contribution < -0.4 is 19.6 Å². The molecule has 0 aliphatic carbocycles. The molecule has 0 amide bonds. The SMILES string of the molecule is CCCCCCOc1ccc(/C=c2/sc3nc(/C=C/c4cccs4)nn3c2=O)cc1OC. The molecular weight excluding hydrogens is 442 g/mol. The number of methoxy groups -OCH3 is 1. The molecule has 166 valence electrons. The third kappa shape index (κ3) is 5.26.